The Labute approximate surface area is 97.4 Å². The van der Waals surface area contributed by atoms with Gasteiger partial charge in [-0.15, -0.1) is 0 Å². The summed E-state index contributed by atoms with van der Waals surface area (Å²) in [4.78, 5) is 11.5. The third-order valence-corrected chi connectivity index (χ3v) is 2.83. The fourth-order valence-electron chi connectivity index (χ4n) is 1.83. The molecule has 1 aliphatic rings. The van der Waals surface area contributed by atoms with Crippen molar-refractivity contribution in [2.24, 2.45) is 11.8 Å². The molecule has 2 atom stereocenters. The second kappa shape index (κ2) is 7.18. The van der Waals surface area contributed by atoms with Crippen LogP contribution in [0.2, 0.25) is 0 Å². The molecule has 0 aromatic heterocycles. The third-order valence-electron chi connectivity index (χ3n) is 2.83. The minimum absolute atomic E-state index is 0.0425. The zero-order chi connectivity index (χ0) is 11.8. The first-order chi connectivity index (χ1) is 7.79. The maximum absolute atomic E-state index is 11.5. The molecule has 0 saturated carbocycles. The van der Waals surface area contributed by atoms with E-state index in [1.807, 2.05) is 24.3 Å². The van der Waals surface area contributed by atoms with Crippen LogP contribution in [0, 0.1) is 11.8 Å². The van der Waals surface area contributed by atoms with Crippen LogP contribution >= 0.6 is 0 Å². The van der Waals surface area contributed by atoms with Crippen LogP contribution in [0.1, 0.15) is 26.2 Å². The molecule has 0 saturated heterocycles. The van der Waals surface area contributed by atoms with E-state index in [4.69, 9.17) is 5.11 Å². The SMILES string of the molecule is CCC/C=C/C=C/[C@@H]1CC=CC(=O)[C@H]1CO. The van der Waals surface area contributed by atoms with Gasteiger partial charge in [0.25, 0.3) is 0 Å². The molecule has 0 spiro atoms. The van der Waals surface area contributed by atoms with E-state index >= 15 is 0 Å². The summed E-state index contributed by atoms with van der Waals surface area (Å²) in [7, 11) is 0. The normalized spacial score (nSPS) is 26.0. The Balaban J connectivity index is 2.52. The van der Waals surface area contributed by atoms with Crippen molar-refractivity contribution in [1.29, 1.82) is 0 Å². The Morgan fingerprint density at radius 2 is 2.31 bits per heavy atom. The molecule has 88 valence electrons. The van der Waals surface area contributed by atoms with Crippen LogP contribution in [0.25, 0.3) is 0 Å². The molecule has 2 nitrogen and oxygen atoms in total. The third kappa shape index (κ3) is 3.78. The monoisotopic (exact) mass is 220 g/mol. The molecule has 1 rings (SSSR count). The molecule has 1 aliphatic carbocycles. The topological polar surface area (TPSA) is 37.3 Å². The Morgan fingerprint density at radius 3 is 3.00 bits per heavy atom. The highest BCUT2D eigenvalue weighted by atomic mass is 16.3. The lowest BCUT2D eigenvalue weighted by Crippen LogP contribution is -2.27. The van der Waals surface area contributed by atoms with E-state index in [0.717, 1.165) is 19.3 Å². The lowest BCUT2D eigenvalue weighted by Gasteiger charge is -2.22. The molecular formula is C14H20O2. The number of aliphatic hydroxyl groups excluding tert-OH is 1. The summed E-state index contributed by atoms with van der Waals surface area (Å²) >= 11 is 0. The number of unbranched alkanes of at least 4 members (excludes halogenated alkanes) is 1. The van der Waals surface area contributed by atoms with Crippen LogP contribution in [0.5, 0.6) is 0 Å². The van der Waals surface area contributed by atoms with Crippen molar-refractivity contribution in [3.05, 3.63) is 36.5 Å². The van der Waals surface area contributed by atoms with Gasteiger partial charge >= 0.3 is 0 Å². The lowest BCUT2D eigenvalue weighted by atomic mass is 9.82. The van der Waals surface area contributed by atoms with Gasteiger partial charge in [-0.1, -0.05) is 43.7 Å². The van der Waals surface area contributed by atoms with Gasteiger partial charge in [0.1, 0.15) is 0 Å². The second-order valence-electron chi connectivity index (χ2n) is 4.10. The molecule has 0 unspecified atom stereocenters. The molecule has 16 heavy (non-hydrogen) atoms. The van der Waals surface area contributed by atoms with Gasteiger partial charge < -0.3 is 5.11 Å². The van der Waals surface area contributed by atoms with E-state index < -0.39 is 0 Å². The standard InChI is InChI=1S/C14H20O2/c1-2-3-4-5-6-8-12-9-7-10-14(16)13(12)11-15/h4-8,10,12-13,15H,2-3,9,11H2,1H3/b5-4+,8-6+/t12-,13+/m1/s1. The van der Waals surface area contributed by atoms with Crippen molar-refractivity contribution in [3.8, 4) is 0 Å². The summed E-state index contributed by atoms with van der Waals surface area (Å²) < 4.78 is 0. The molecule has 0 radical (unpaired) electrons. The largest absolute Gasteiger partial charge is 0.396 e. The van der Waals surface area contributed by atoms with Gasteiger partial charge in [-0.3, -0.25) is 4.79 Å². The van der Waals surface area contributed by atoms with E-state index in [1.54, 1.807) is 6.08 Å². The molecule has 0 heterocycles. The minimum atomic E-state index is -0.249. The van der Waals surface area contributed by atoms with Crippen LogP contribution in [0.4, 0.5) is 0 Å². The lowest BCUT2D eigenvalue weighted by molar-refractivity contribution is -0.121. The predicted molar refractivity (Wildman–Crippen MR) is 66.0 cm³/mol. The predicted octanol–water partition coefficient (Wildman–Crippen LogP) is 2.65. The van der Waals surface area contributed by atoms with Gasteiger partial charge in [0.05, 0.1) is 12.5 Å². The number of carbonyl (C=O) groups is 1. The number of hydrogen-bond donors (Lipinski definition) is 1. The van der Waals surface area contributed by atoms with Gasteiger partial charge in [-0.2, -0.15) is 0 Å². The molecule has 0 amide bonds. The molecule has 0 aliphatic heterocycles. The number of aliphatic hydroxyl groups is 1. The Bertz CT molecular complexity index is 300. The highest BCUT2D eigenvalue weighted by molar-refractivity contribution is 5.93. The average molecular weight is 220 g/mol. The molecule has 0 bridgehead atoms. The summed E-state index contributed by atoms with van der Waals surface area (Å²) in [6.45, 7) is 2.08. The first kappa shape index (κ1) is 12.9. The first-order valence-electron chi connectivity index (χ1n) is 5.94. The van der Waals surface area contributed by atoms with Crippen molar-refractivity contribution in [1.82, 2.24) is 0 Å². The Kier molecular flexibility index (Phi) is 5.79. The van der Waals surface area contributed by atoms with Crippen LogP contribution in [-0.4, -0.2) is 17.5 Å². The fraction of sp³-hybridized carbons (Fsp3) is 0.500. The van der Waals surface area contributed by atoms with E-state index in [-0.39, 0.29) is 24.2 Å². The first-order valence-corrected chi connectivity index (χ1v) is 5.94. The van der Waals surface area contributed by atoms with E-state index in [1.165, 1.54) is 0 Å². The van der Waals surface area contributed by atoms with E-state index in [2.05, 4.69) is 13.0 Å². The summed E-state index contributed by atoms with van der Waals surface area (Å²) in [5.74, 6) is -0.0597. The summed E-state index contributed by atoms with van der Waals surface area (Å²) in [6, 6.07) is 0. The molecule has 0 aromatic rings. The quantitative estimate of drug-likeness (QED) is 0.723. The number of carbonyl (C=O) groups excluding carboxylic acids is 1. The fourth-order valence-corrected chi connectivity index (χ4v) is 1.83. The highest BCUT2D eigenvalue weighted by Gasteiger charge is 2.25. The number of rotatable bonds is 5. The molecule has 2 heteroatoms. The van der Waals surface area contributed by atoms with E-state index in [0.29, 0.717) is 0 Å². The van der Waals surface area contributed by atoms with Crippen molar-refractivity contribution in [2.45, 2.75) is 26.2 Å². The molecule has 0 fully saturated rings. The maximum Gasteiger partial charge on any atom is 0.161 e. The Hall–Kier alpha value is -1.15. The average Bonchev–Trinajstić information content (AvgIpc) is 2.29. The van der Waals surface area contributed by atoms with Crippen LogP contribution in [0.3, 0.4) is 0 Å². The zero-order valence-electron chi connectivity index (χ0n) is 9.80. The number of allylic oxidation sites excluding steroid dienone is 6. The smallest absolute Gasteiger partial charge is 0.161 e. The zero-order valence-corrected chi connectivity index (χ0v) is 9.80. The van der Waals surface area contributed by atoms with Crippen molar-refractivity contribution in [3.63, 3.8) is 0 Å². The van der Waals surface area contributed by atoms with Crippen LogP contribution in [-0.2, 0) is 4.79 Å². The number of hydrogen-bond acceptors (Lipinski definition) is 2. The summed E-state index contributed by atoms with van der Waals surface area (Å²) in [5.41, 5.74) is 0. The molecule has 0 aromatic carbocycles. The van der Waals surface area contributed by atoms with Gasteiger partial charge in [0.15, 0.2) is 5.78 Å². The van der Waals surface area contributed by atoms with Gasteiger partial charge in [-0.05, 0) is 24.8 Å². The minimum Gasteiger partial charge on any atom is -0.396 e. The second-order valence-corrected chi connectivity index (χ2v) is 4.10. The van der Waals surface area contributed by atoms with Crippen molar-refractivity contribution < 1.29 is 9.90 Å². The van der Waals surface area contributed by atoms with Gasteiger partial charge in [0, 0.05) is 0 Å². The summed E-state index contributed by atoms with van der Waals surface area (Å²) in [5, 5.41) is 9.17. The van der Waals surface area contributed by atoms with Gasteiger partial charge in [0.2, 0.25) is 0 Å². The van der Waals surface area contributed by atoms with Crippen molar-refractivity contribution >= 4 is 5.78 Å². The maximum atomic E-state index is 11.5. The highest BCUT2D eigenvalue weighted by Crippen LogP contribution is 2.23. The Morgan fingerprint density at radius 1 is 1.50 bits per heavy atom. The summed E-state index contributed by atoms with van der Waals surface area (Å²) in [6.07, 6.45) is 14.7. The molecular weight excluding hydrogens is 200 g/mol. The van der Waals surface area contributed by atoms with Crippen LogP contribution < -0.4 is 0 Å². The van der Waals surface area contributed by atoms with Crippen molar-refractivity contribution in [2.75, 3.05) is 6.61 Å². The van der Waals surface area contributed by atoms with E-state index in [9.17, 15) is 4.79 Å². The van der Waals surface area contributed by atoms with Gasteiger partial charge in [-0.25, -0.2) is 0 Å². The van der Waals surface area contributed by atoms with Crippen LogP contribution in [0.15, 0.2) is 36.5 Å². The molecule has 1 N–H and O–H groups in total. The number of ketones is 1.